The highest BCUT2D eigenvalue weighted by molar-refractivity contribution is 5.29. The minimum absolute atomic E-state index is 0.273. The minimum atomic E-state index is 0.273. The Morgan fingerprint density at radius 1 is 0.607 bits per heavy atom. The Hall–Kier alpha value is -2.34. The van der Waals surface area contributed by atoms with E-state index in [9.17, 15) is 0 Å². The predicted octanol–water partition coefficient (Wildman–Crippen LogP) is 8.41. The first-order valence-electron chi connectivity index (χ1n) is 10.5. The molecule has 0 atom stereocenters. The van der Waals surface area contributed by atoms with Gasteiger partial charge >= 0.3 is 0 Å². The molecule has 0 bridgehead atoms. The maximum absolute atomic E-state index is 2.25. The van der Waals surface area contributed by atoms with Crippen LogP contribution in [0.25, 0.3) is 0 Å². The van der Waals surface area contributed by atoms with Gasteiger partial charge in [-0.05, 0) is 40.0 Å². The van der Waals surface area contributed by atoms with E-state index >= 15 is 0 Å². The lowest BCUT2D eigenvalue weighted by Gasteiger charge is -2.19. The monoisotopic (exact) mass is 374 g/mol. The number of hydrogen-bond donors (Lipinski definition) is 0. The molecule has 0 aromatic heterocycles. The molecule has 0 spiro atoms. The second-order valence-electron chi connectivity index (χ2n) is 8.17. The lowest BCUT2D eigenvalue weighted by Crippen LogP contribution is -2.10. The lowest BCUT2D eigenvalue weighted by atomic mass is 9.86. The van der Waals surface area contributed by atoms with E-state index in [0.717, 1.165) is 6.42 Å². The topological polar surface area (TPSA) is 0 Å². The van der Waals surface area contributed by atoms with Gasteiger partial charge in [-0.3, -0.25) is 0 Å². The average Bonchev–Trinajstić information content (AvgIpc) is 2.71. The Morgan fingerprint density at radius 2 is 1.00 bits per heavy atom. The van der Waals surface area contributed by atoms with Gasteiger partial charge in [0, 0.05) is 0 Å². The Kier molecular flexibility index (Phi) is 10.3. The van der Waals surface area contributed by atoms with E-state index in [0.29, 0.717) is 5.92 Å². The second-order valence-corrected chi connectivity index (χ2v) is 8.17. The van der Waals surface area contributed by atoms with Gasteiger partial charge in [0.15, 0.2) is 0 Å². The summed E-state index contributed by atoms with van der Waals surface area (Å²) in [6.07, 6.45) is 1.03. The lowest BCUT2D eigenvalue weighted by molar-refractivity contribution is 0.589. The van der Waals surface area contributed by atoms with E-state index in [1.165, 1.54) is 22.3 Å². The molecule has 0 saturated carbocycles. The van der Waals surface area contributed by atoms with Crippen molar-refractivity contribution < 1.29 is 0 Å². The molecular formula is C28H38. The van der Waals surface area contributed by atoms with Crippen LogP contribution in [0.1, 0.15) is 76.6 Å². The summed E-state index contributed by atoms with van der Waals surface area (Å²) in [7, 11) is 0. The summed E-state index contributed by atoms with van der Waals surface area (Å²) in [5, 5.41) is 0. The zero-order chi connectivity index (χ0) is 21.0. The summed E-state index contributed by atoms with van der Waals surface area (Å²) in [4.78, 5) is 0. The Balaban J connectivity index is 0.000000257. The van der Waals surface area contributed by atoms with Gasteiger partial charge in [0.2, 0.25) is 0 Å². The normalized spacial score (nSPS) is 10.4. The van der Waals surface area contributed by atoms with Crippen molar-refractivity contribution in [2.45, 2.75) is 66.2 Å². The van der Waals surface area contributed by atoms with Crippen LogP contribution in [0.3, 0.4) is 0 Å². The van der Waals surface area contributed by atoms with Crippen LogP contribution in [-0.4, -0.2) is 0 Å². The molecule has 0 amide bonds. The molecule has 150 valence electrons. The summed E-state index contributed by atoms with van der Waals surface area (Å²) in [6, 6.07) is 30.0. The predicted molar refractivity (Wildman–Crippen MR) is 126 cm³/mol. The van der Waals surface area contributed by atoms with E-state index in [4.69, 9.17) is 0 Å². The van der Waals surface area contributed by atoms with Gasteiger partial charge in [0.25, 0.3) is 0 Å². The quantitative estimate of drug-likeness (QED) is 0.431. The van der Waals surface area contributed by atoms with Crippen molar-refractivity contribution in [2.24, 2.45) is 0 Å². The van der Waals surface area contributed by atoms with Crippen LogP contribution in [-0.2, 0) is 11.8 Å². The van der Waals surface area contributed by atoms with Crippen molar-refractivity contribution in [2.75, 3.05) is 0 Å². The van der Waals surface area contributed by atoms with Crippen molar-refractivity contribution >= 4 is 0 Å². The molecule has 0 aliphatic heterocycles. The maximum atomic E-state index is 2.25. The fourth-order valence-corrected chi connectivity index (χ4v) is 2.80. The first-order chi connectivity index (χ1) is 13.4. The molecule has 0 heteroatoms. The molecule has 0 nitrogen and oxygen atoms in total. The third-order valence-electron chi connectivity index (χ3n) is 4.54. The molecule has 0 fully saturated rings. The highest BCUT2D eigenvalue weighted by Gasteiger charge is 2.12. The fourth-order valence-electron chi connectivity index (χ4n) is 2.80. The van der Waals surface area contributed by atoms with Crippen molar-refractivity contribution in [1.29, 1.82) is 0 Å². The maximum Gasteiger partial charge on any atom is -0.00258 e. The second kappa shape index (κ2) is 12.2. The van der Waals surface area contributed by atoms with E-state index in [1.54, 1.807) is 0 Å². The first kappa shape index (κ1) is 23.7. The molecule has 3 rings (SSSR count). The van der Waals surface area contributed by atoms with Gasteiger partial charge in [-0.25, -0.2) is 0 Å². The summed E-state index contributed by atoms with van der Waals surface area (Å²) in [5.41, 5.74) is 5.85. The van der Waals surface area contributed by atoms with Gasteiger partial charge in [0.05, 0.1) is 0 Å². The molecule has 0 N–H and O–H groups in total. The molecule has 3 aromatic rings. The summed E-state index contributed by atoms with van der Waals surface area (Å²) < 4.78 is 0. The Bertz CT molecular complexity index is 707. The van der Waals surface area contributed by atoms with Crippen LogP contribution in [0.15, 0.2) is 84.9 Å². The molecule has 0 saturated heterocycles. The van der Waals surface area contributed by atoms with Gasteiger partial charge in [-0.2, -0.15) is 0 Å². The minimum Gasteiger partial charge on any atom is -0.0683 e. The van der Waals surface area contributed by atoms with Crippen LogP contribution in [0.4, 0.5) is 0 Å². The van der Waals surface area contributed by atoms with Gasteiger partial charge < -0.3 is 0 Å². The Morgan fingerprint density at radius 3 is 1.32 bits per heavy atom. The standard InChI is InChI=1S/C13H12.C13H20.C2H6/c1-3-7-12(8-4-1)11-13-9-5-2-6-10-13;1-10(2)11-6-8-12(9-7-11)13(3,4)5;1-2/h1-10H,11H2;6-10H,1-5H3;1-2H3. The van der Waals surface area contributed by atoms with Crippen molar-refractivity contribution in [1.82, 2.24) is 0 Å². The molecule has 0 radical (unpaired) electrons. The zero-order valence-corrected chi connectivity index (χ0v) is 18.9. The molecule has 0 unspecified atom stereocenters. The largest absolute Gasteiger partial charge is 0.0683 e. The third-order valence-corrected chi connectivity index (χ3v) is 4.54. The molecular weight excluding hydrogens is 336 g/mol. The number of rotatable bonds is 3. The molecule has 0 aliphatic carbocycles. The van der Waals surface area contributed by atoms with E-state index < -0.39 is 0 Å². The van der Waals surface area contributed by atoms with Crippen LogP contribution >= 0.6 is 0 Å². The van der Waals surface area contributed by atoms with Gasteiger partial charge in [-0.15, -0.1) is 0 Å². The van der Waals surface area contributed by atoms with E-state index in [1.807, 2.05) is 13.8 Å². The van der Waals surface area contributed by atoms with E-state index in [-0.39, 0.29) is 5.41 Å². The summed E-state index contributed by atoms with van der Waals surface area (Å²) in [5.74, 6) is 0.633. The molecule has 0 aliphatic rings. The SMILES string of the molecule is CC.CC(C)c1ccc(C(C)(C)C)cc1.c1ccc(Cc2ccccc2)cc1. The first-order valence-corrected chi connectivity index (χ1v) is 10.5. The van der Waals surface area contributed by atoms with Crippen LogP contribution < -0.4 is 0 Å². The van der Waals surface area contributed by atoms with Crippen molar-refractivity contribution in [3.63, 3.8) is 0 Å². The highest BCUT2D eigenvalue weighted by Crippen LogP contribution is 2.24. The summed E-state index contributed by atoms with van der Waals surface area (Å²) >= 11 is 0. The fraction of sp³-hybridized carbons (Fsp3) is 0.357. The van der Waals surface area contributed by atoms with Gasteiger partial charge in [-0.1, -0.05) is 133 Å². The van der Waals surface area contributed by atoms with Crippen molar-refractivity contribution in [3.05, 3.63) is 107 Å². The number of benzene rings is 3. The van der Waals surface area contributed by atoms with Crippen molar-refractivity contribution in [3.8, 4) is 0 Å². The zero-order valence-electron chi connectivity index (χ0n) is 18.9. The molecule has 0 heterocycles. The van der Waals surface area contributed by atoms with Crippen LogP contribution in [0.5, 0.6) is 0 Å². The van der Waals surface area contributed by atoms with E-state index in [2.05, 4.69) is 120 Å². The van der Waals surface area contributed by atoms with Crippen LogP contribution in [0.2, 0.25) is 0 Å². The van der Waals surface area contributed by atoms with Crippen LogP contribution in [0, 0.1) is 0 Å². The molecule has 28 heavy (non-hydrogen) atoms. The van der Waals surface area contributed by atoms with Gasteiger partial charge in [0.1, 0.15) is 0 Å². The smallest absolute Gasteiger partial charge is 0.00258 e. The third kappa shape index (κ3) is 8.57. The average molecular weight is 375 g/mol. The molecule has 3 aromatic carbocycles. The number of hydrogen-bond acceptors (Lipinski definition) is 0. The summed E-state index contributed by atoms with van der Waals surface area (Å²) in [6.45, 7) is 15.2. The Labute approximate surface area is 173 Å². The highest BCUT2D eigenvalue weighted by atomic mass is 14.2.